The van der Waals surface area contributed by atoms with Gasteiger partial charge in [0.1, 0.15) is 22.0 Å². The fourth-order valence-electron chi connectivity index (χ4n) is 4.80. The number of sulfonamides is 1. The first-order valence-corrected chi connectivity index (χ1v) is 13.7. The molecule has 0 radical (unpaired) electrons. The molecule has 2 fully saturated rings. The molecule has 3 unspecified atom stereocenters. The summed E-state index contributed by atoms with van der Waals surface area (Å²) in [6, 6.07) is 2.63. The summed E-state index contributed by atoms with van der Waals surface area (Å²) in [5.41, 5.74) is 1.01. The molecule has 4 heterocycles. The van der Waals surface area contributed by atoms with E-state index in [0.29, 0.717) is 37.2 Å². The zero-order valence-corrected chi connectivity index (χ0v) is 21.5. The Morgan fingerprint density at radius 1 is 1.17 bits per heavy atom. The third kappa shape index (κ3) is 5.11. The number of amides is 2. The van der Waals surface area contributed by atoms with E-state index in [9.17, 15) is 22.8 Å². The number of thiophene rings is 1. The highest BCUT2D eigenvalue weighted by molar-refractivity contribution is 7.91. The fraction of sp³-hybridized carbons (Fsp3) is 0.545. The molecule has 2 saturated heterocycles. The molecule has 3 atom stereocenters. The van der Waals surface area contributed by atoms with Crippen molar-refractivity contribution in [2.24, 2.45) is 7.05 Å². The van der Waals surface area contributed by atoms with Crippen LogP contribution in [0.3, 0.4) is 0 Å². The molecule has 0 spiro atoms. The lowest BCUT2D eigenvalue weighted by molar-refractivity contribution is -0.153. The van der Waals surface area contributed by atoms with Crippen LogP contribution in [0.1, 0.15) is 41.9 Å². The van der Waals surface area contributed by atoms with E-state index >= 15 is 0 Å². The highest BCUT2D eigenvalue weighted by atomic mass is 32.2. The van der Waals surface area contributed by atoms with Crippen LogP contribution in [0, 0.1) is 6.92 Å². The molecule has 35 heavy (non-hydrogen) atoms. The second-order valence-corrected chi connectivity index (χ2v) is 11.7. The van der Waals surface area contributed by atoms with Gasteiger partial charge < -0.3 is 14.5 Å². The summed E-state index contributed by atoms with van der Waals surface area (Å²) in [4.78, 5) is 42.4. The summed E-state index contributed by atoms with van der Waals surface area (Å²) in [6.07, 6.45) is 1.56. The van der Waals surface area contributed by atoms with Crippen LogP contribution < -0.4 is 4.72 Å². The Morgan fingerprint density at radius 3 is 2.57 bits per heavy atom. The van der Waals surface area contributed by atoms with Crippen molar-refractivity contribution in [2.45, 2.75) is 54.9 Å². The fourth-order valence-corrected chi connectivity index (χ4v) is 7.10. The minimum atomic E-state index is -3.75. The van der Waals surface area contributed by atoms with E-state index in [1.165, 1.54) is 27.7 Å². The molecule has 11 nitrogen and oxygen atoms in total. The zero-order valence-electron chi connectivity index (χ0n) is 19.8. The van der Waals surface area contributed by atoms with Gasteiger partial charge in [0.15, 0.2) is 0 Å². The van der Waals surface area contributed by atoms with Gasteiger partial charge in [-0.25, -0.2) is 17.9 Å². The van der Waals surface area contributed by atoms with Crippen LogP contribution in [0.2, 0.25) is 0 Å². The predicted molar refractivity (Wildman–Crippen MR) is 127 cm³/mol. The van der Waals surface area contributed by atoms with Crippen LogP contribution >= 0.6 is 11.3 Å². The summed E-state index contributed by atoms with van der Waals surface area (Å²) >= 11 is 1.11. The van der Waals surface area contributed by atoms with Crippen LogP contribution in [0.5, 0.6) is 0 Å². The van der Waals surface area contributed by atoms with Gasteiger partial charge in [0, 0.05) is 26.2 Å². The third-order valence-electron chi connectivity index (χ3n) is 6.46. The number of carbonyl (C=O) groups excluding carboxylic acids is 3. The van der Waals surface area contributed by atoms with Gasteiger partial charge in [-0.15, -0.1) is 11.3 Å². The number of aryl methyl sites for hydroxylation is 2. The summed E-state index contributed by atoms with van der Waals surface area (Å²) in [5, 5.41) is 5.91. The average molecular weight is 524 g/mol. The average Bonchev–Trinajstić information content (AvgIpc) is 3.58. The topological polar surface area (TPSA) is 131 Å². The van der Waals surface area contributed by atoms with Crippen molar-refractivity contribution in [3.05, 3.63) is 35.0 Å². The minimum Gasteiger partial charge on any atom is -0.467 e. The number of carbonyl (C=O) groups is 3. The van der Waals surface area contributed by atoms with Gasteiger partial charge in [-0.2, -0.15) is 5.10 Å². The first kappa shape index (κ1) is 25.3. The van der Waals surface area contributed by atoms with Crippen molar-refractivity contribution in [3.63, 3.8) is 0 Å². The molecule has 2 aromatic rings. The minimum absolute atomic E-state index is 0.0937. The van der Waals surface area contributed by atoms with Gasteiger partial charge in [0.2, 0.25) is 15.9 Å². The molecule has 0 bridgehead atoms. The Morgan fingerprint density at radius 2 is 1.94 bits per heavy atom. The monoisotopic (exact) mass is 523 g/mol. The second-order valence-electron chi connectivity index (χ2n) is 8.80. The molecule has 4 rings (SSSR count). The molecule has 2 amide bonds. The largest absolute Gasteiger partial charge is 0.467 e. The van der Waals surface area contributed by atoms with Crippen LogP contribution in [0.25, 0.3) is 0 Å². The maximum atomic E-state index is 13.7. The van der Waals surface area contributed by atoms with Gasteiger partial charge in [0.25, 0.3) is 5.91 Å². The summed E-state index contributed by atoms with van der Waals surface area (Å²) in [7, 11) is -0.817. The lowest BCUT2D eigenvalue weighted by atomic mass is 9.96. The molecule has 0 saturated carbocycles. The lowest BCUT2D eigenvalue weighted by Gasteiger charge is -2.40. The molecular formula is C22H29N5O6S2. The third-order valence-corrected chi connectivity index (χ3v) is 9.38. The van der Waals surface area contributed by atoms with Crippen LogP contribution in [-0.2, 0) is 31.4 Å². The number of esters is 1. The second kappa shape index (κ2) is 10.1. The molecule has 2 aliphatic heterocycles. The standard InChI is InChI=1S/C22H29N5O6S2/c1-14-12-17(25(2)23-14)20(28)27-10-8-15(24-35(31,32)19-7-5-11-34-19)13-18(27)21(29)26-9-4-6-16(26)22(30)33-3/h5,7,11-12,15-16,18,24H,4,6,8-10,13H2,1-3H3. The number of nitrogens with zero attached hydrogens (tertiary/aromatic N) is 4. The number of rotatable bonds is 6. The quantitative estimate of drug-likeness (QED) is 0.557. The smallest absolute Gasteiger partial charge is 0.328 e. The van der Waals surface area contributed by atoms with Crippen LogP contribution in [-0.4, -0.2) is 84.1 Å². The number of piperidine rings is 1. The highest BCUT2D eigenvalue weighted by Crippen LogP contribution is 2.28. The number of likely N-dealkylation sites (tertiary alicyclic amines) is 2. The van der Waals surface area contributed by atoms with E-state index in [0.717, 1.165) is 11.3 Å². The Balaban J connectivity index is 1.61. The summed E-state index contributed by atoms with van der Waals surface area (Å²) < 4.78 is 34.9. The lowest BCUT2D eigenvalue weighted by Crippen LogP contribution is -2.59. The van der Waals surface area contributed by atoms with E-state index in [4.69, 9.17) is 4.74 Å². The van der Waals surface area contributed by atoms with E-state index in [-0.39, 0.29) is 29.0 Å². The number of methoxy groups -OCH3 is 1. The van der Waals surface area contributed by atoms with Crippen molar-refractivity contribution >= 4 is 39.1 Å². The normalized spacial score (nSPS) is 22.9. The molecule has 2 aliphatic rings. The SMILES string of the molecule is COC(=O)C1CCCN1C(=O)C1CC(NS(=O)(=O)c2cccs2)CCN1C(=O)c1cc(C)nn1C. The molecular weight excluding hydrogens is 494 g/mol. The summed E-state index contributed by atoms with van der Waals surface area (Å²) in [5.74, 6) is -1.24. The molecule has 0 aliphatic carbocycles. The van der Waals surface area contributed by atoms with E-state index < -0.39 is 34.1 Å². The van der Waals surface area contributed by atoms with Crippen molar-refractivity contribution in [1.29, 1.82) is 0 Å². The molecule has 2 aromatic heterocycles. The van der Waals surface area contributed by atoms with Crippen LogP contribution in [0.4, 0.5) is 0 Å². The van der Waals surface area contributed by atoms with Gasteiger partial charge in [0.05, 0.1) is 12.8 Å². The Kier molecular flexibility index (Phi) is 7.29. The number of hydrogen-bond donors (Lipinski definition) is 1. The Labute approximate surface area is 208 Å². The number of nitrogens with one attached hydrogen (secondary N) is 1. The van der Waals surface area contributed by atoms with E-state index in [2.05, 4.69) is 9.82 Å². The van der Waals surface area contributed by atoms with Crippen LogP contribution in [0.15, 0.2) is 27.8 Å². The van der Waals surface area contributed by atoms with Crippen molar-refractivity contribution in [2.75, 3.05) is 20.2 Å². The molecule has 1 N–H and O–H groups in total. The summed E-state index contributed by atoms with van der Waals surface area (Å²) in [6.45, 7) is 2.32. The zero-order chi connectivity index (χ0) is 25.3. The van der Waals surface area contributed by atoms with Gasteiger partial charge >= 0.3 is 5.97 Å². The molecule has 13 heteroatoms. The molecule has 0 aromatic carbocycles. The number of aromatic nitrogens is 2. The van der Waals surface area contributed by atoms with Crippen molar-refractivity contribution in [1.82, 2.24) is 24.3 Å². The first-order chi connectivity index (χ1) is 16.6. The predicted octanol–water partition coefficient (Wildman–Crippen LogP) is 0.906. The Hall–Kier alpha value is -2.77. The van der Waals surface area contributed by atoms with Gasteiger partial charge in [-0.05, 0) is 50.1 Å². The van der Waals surface area contributed by atoms with Gasteiger partial charge in [-0.3, -0.25) is 14.3 Å². The van der Waals surface area contributed by atoms with E-state index in [1.807, 2.05) is 0 Å². The maximum Gasteiger partial charge on any atom is 0.328 e. The highest BCUT2D eigenvalue weighted by Gasteiger charge is 2.44. The number of hydrogen-bond acceptors (Lipinski definition) is 8. The van der Waals surface area contributed by atoms with E-state index in [1.54, 1.807) is 31.5 Å². The Bertz CT molecular complexity index is 1210. The van der Waals surface area contributed by atoms with Gasteiger partial charge in [-0.1, -0.05) is 6.07 Å². The van der Waals surface area contributed by atoms with Crippen molar-refractivity contribution in [3.8, 4) is 0 Å². The first-order valence-electron chi connectivity index (χ1n) is 11.4. The number of ether oxygens (including phenoxy) is 1. The molecule has 190 valence electrons. The van der Waals surface area contributed by atoms with Crippen molar-refractivity contribution < 1.29 is 27.5 Å². The maximum absolute atomic E-state index is 13.7.